The molecule has 0 fully saturated rings. The van der Waals surface area contributed by atoms with Gasteiger partial charge < -0.3 is 14.9 Å². The van der Waals surface area contributed by atoms with E-state index in [1.807, 2.05) is 6.92 Å². The third kappa shape index (κ3) is 6.20. The zero-order valence-corrected chi connectivity index (χ0v) is 21.9. The van der Waals surface area contributed by atoms with Crippen molar-refractivity contribution in [3.63, 3.8) is 0 Å². The van der Waals surface area contributed by atoms with Crippen molar-refractivity contribution >= 4 is 62.5 Å². The molecule has 0 bridgehead atoms. The number of alkyl halides is 3. The van der Waals surface area contributed by atoms with Crippen LogP contribution in [-0.2, 0) is 20.0 Å². The summed E-state index contributed by atoms with van der Waals surface area (Å²) < 4.78 is 48.1. The number of hydrogen-bond acceptors (Lipinski definition) is 5. The summed E-state index contributed by atoms with van der Waals surface area (Å²) in [6.07, 6.45) is -5.32. The Balaban J connectivity index is 1.76. The van der Waals surface area contributed by atoms with E-state index >= 15 is 0 Å². The van der Waals surface area contributed by atoms with Crippen molar-refractivity contribution in [1.29, 1.82) is 0 Å². The lowest BCUT2D eigenvalue weighted by atomic mass is 9.86. The summed E-state index contributed by atoms with van der Waals surface area (Å²) in [6.45, 7) is 2.24. The quantitative estimate of drug-likeness (QED) is 0.348. The molecule has 2 aromatic rings. The molecule has 0 aromatic heterocycles. The van der Waals surface area contributed by atoms with Gasteiger partial charge in [-0.15, -0.1) is 11.8 Å². The van der Waals surface area contributed by atoms with Crippen LogP contribution in [0.5, 0.6) is 0 Å². The molecule has 0 radical (unpaired) electrons. The summed E-state index contributed by atoms with van der Waals surface area (Å²) in [7, 11) is 1.55. The highest BCUT2D eigenvalue weighted by atomic mass is 79.9. The highest BCUT2D eigenvalue weighted by Crippen LogP contribution is 2.50. The van der Waals surface area contributed by atoms with Gasteiger partial charge in [0.25, 0.3) is 5.60 Å². The molecule has 0 saturated heterocycles. The van der Waals surface area contributed by atoms with E-state index < -0.39 is 18.2 Å². The summed E-state index contributed by atoms with van der Waals surface area (Å²) >= 11 is 16.6. The summed E-state index contributed by atoms with van der Waals surface area (Å²) in [5.74, 6) is 0.0113. The Hall–Kier alpha value is -1.46. The van der Waals surface area contributed by atoms with E-state index in [2.05, 4.69) is 26.4 Å². The van der Waals surface area contributed by atoms with E-state index in [1.165, 1.54) is 30.0 Å². The van der Waals surface area contributed by atoms with Gasteiger partial charge in [0.15, 0.2) is 0 Å². The molecule has 0 spiro atoms. The van der Waals surface area contributed by atoms with E-state index in [4.69, 9.17) is 32.8 Å². The van der Waals surface area contributed by atoms with Crippen molar-refractivity contribution in [3.8, 4) is 0 Å². The number of carbonyl (C=O) groups is 1. The first kappa shape index (κ1) is 27.1. The molecule has 0 aliphatic carbocycles. The van der Waals surface area contributed by atoms with Crippen LogP contribution < -0.4 is 5.32 Å². The summed E-state index contributed by atoms with van der Waals surface area (Å²) in [6, 6.07) is 8.57. The smallest absolute Gasteiger partial charge is 0.383 e. The minimum atomic E-state index is -4.77. The number of rotatable bonds is 8. The second kappa shape index (κ2) is 11.1. The van der Waals surface area contributed by atoms with E-state index in [1.54, 1.807) is 25.3 Å². The zero-order valence-electron chi connectivity index (χ0n) is 18.0. The van der Waals surface area contributed by atoms with Crippen molar-refractivity contribution in [2.75, 3.05) is 19.5 Å². The number of amides is 1. The van der Waals surface area contributed by atoms with E-state index in [9.17, 15) is 18.0 Å². The number of carbonyl (C=O) groups excluding carboxylic acids is 1. The lowest BCUT2D eigenvalue weighted by Gasteiger charge is -2.29. The standard InChI is InChI=1S/C22H20BrCl2F3N2O3S/c1-12(10-32-2)29-20(31)11-34-19-4-3-13(5-17(19)23)18-9-21(33-30-18,22(26,27)28)14-6-15(24)8-16(25)7-14/h3-8,12H,9-11H2,1-2H3,(H,29,31). The number of thioether (sulfide) groups is 1. The fourth-order valence-corrected chi connectivity index (χ4v) is 5.37. The van der Waals surface area contributed by atoms with Crippen LogP contribution in [0.15, 0.2) is 50.9 Å². The van der Waals surface area contributed by atoms with Gasteiger partial charge >= 0.3 is 6.18 Å². The molecular formula is C22H20BrCl2F3N2O3S. The van der Waals surface area contributed by atoms with Gasteiger partial charge in [-0.2, -0.15) is 13.2 Å². The predicted molar refractivity (Wildman–Crippen MR) is 131 cm³/mol. The first-order chi connectivity index (χ1) is 15.9. The molecule has 1 aliphatic rings. The Morgan fingerprint density at radius 2 is 1.97 bits per heavy atom. The van der Waals surface area contributed by atoms with Gasteiger partial charge in [0.05, 0.1) is 18.1 Å². The first-order valence-electron chi connectivity index (χ1n) is 9.94. The van der Waals surface area contributed by atoms with Crippen molar-refractivity contribution in [2.24, 2.45) is 5.16 Å². The van der Waals surface area contributed by atoms with Gasteiger partial charge in [0, 0.05) is 50.1 Å². The Labute approximate surface area is 217 Å². The van der Waals surface area contributed by atoms with Crippen LogP contribution in [0.1, 0.15) is 24.5 Å². The van der Waals surface area contributed by atoms with Crippen LogP contribution >= 0.6 is 50.9 Å². The average molecular weight is 600 g/mol. The number of methoxy groups -OCH3 is 1. The van der Waals surface area contributed by atoms with Crippen LogP contribution in [0.4, 0.5) is 13.2 Å². The lowest BCUT2D eigenvalue weighted by molar-refractivity contribution is -0.275. The maximum atomic E-state index is 14.2. The zero-order chi connectivity index (χ0) is 25.1. The molecule has 1 amide bonds. The topological polar surface area (TPSA) is 59.9 Å². The number of nitrogens with zero attached hydrogens (tertiary/aromatic N) is 1. The van der Waals surface area contributed by atoms with Crippen LogP contribution in [0, 0.1) is 0 Å². The van der Waals surface area contributed by atoms with Gasteiger partial charge in [-0.05, 0) is 53.2 Å². The van der Waals surface area contributed by atoms with Crippen LogP contribution in [0.3, 0.4) is 0 Å². The molecule has 2 atom stereocenters. The molecule has 12 heteroatoms. The van der Waals surface area contributed by atoms with E-state index in [0.29, 0.717) is 16.6 Å². The number of hydrogen-bond donors (Lipinski definition) is 1. The average Bonchev–Trinajstić information content (AvgIpc) is 3.19. The molecule has 1 N–H and O–H groups in total. The SMILES string of the molecule is COCC(C)NC(=O)CSc1ccc(C2=NOC(c3cc(Cl)cc(Cl)c3)(C(F)(F)F)C2)cc1Br. The minimum Gasteiger partial charge on any atom is -0.383 e. The number of benzene rings is 2. The van der Waals surface area contributed by atoms with E-state index in [0.717, 1.165) is 4.90 Å². The Morgan fingerprint density at radius 1 is 1.29 bits per heavy atom. The number of ether oxygens (including phenoxy) is 1. The number of oxime groups is 1. The molecule has 184 valence electrons. The molecule has 2 unspecified atom stereocenters. The second-order valence-electron chi connectivity index (χ2n) is 7.65. The summed E-state index contributed by atoms with van der Waals surface area (Å²) in [5.41, 5.74) is -2.35. The summed E-state index contributed by atoms with van der Waals surface area (Å²) in [4.78, 5) is 17.9. The fraction of sp³-hybridized carbons (Fsp3) is 0.364. The molecule has 1 heterocycles. The summed E-state index contributed by atoms with van der Waals surface area (Å²) in [5, 5.41) is 6.70. The van der Waals surface area contributed by atoms with Gasteiger partial charge in [-0.1, -0.05) is 34.4 Å². The van der Waals surface area contributed by atoms with Crippen molar-refractivity contribution in [2.45, 2.75) is 36.1 Å². The molecule has 34 heavy (non-hydrogen) atoms. The van der Waals surface area contributed by atoms with Crippen LogP contribution in [0.2, 0.25) is 10.0 Å². The second-order valence-corrected chi connectivity index (χ2v) is 10.4. The van der Waals surface area contributed by atoms with Crippen molar-refractivity contribution in [3.05, 3.63) is 62.0 Å². The lowest BCUT2D eigenvalue weighted by Crippen LogP contribution is -2.42. The van der Waals surface area contributed by atoms with Crippen LogP contribution in [0.25, 0.3) is 0 Å². The molecule has 5 nitrogen and oxygen atoms in total. The normalized spacial score (nSPS) is 18.9. The molecule has 3 rings (SSSR count). The minimum absolute atomic E-state index is 0.0629. The van der Waals surface area contributed by atoms with Crippen molar-refractivity contribution < 1.29 is 27.5 Å². The van der Waals surface area contributed by atoms with Gasteiger partial charge in [-0.25, -0.2) is 0 Å². The predicted octanol–water partition coefficient (Wildman–Crippen LogP) is 6.58. The van der Waals surface area contributed by atoms with Gasteiger partial charge in [-0.3, -0.25) is 4.79 Å². The molecular weight excluding hydrogens is 580 g/mol. The third-order valence-electron chi connectivity index (χ3n) is 4.96. The van der Waals surface area contributed by atoms with Gasteiger partial charge in [0.2, 0.25) is 5.91 Å². The third-order valence-corrected chi connectivity index (χ3v) is 7.39. The van der Waals surface area contributed by atoms with Crippen molar-refractivity contribution in [1.82, 2.24) is 5.32 Å². The monoisotopic (exact) mass is 598 g/mol. The first-order valence-corrected chi connectivity index (χ1v) is 12.5. The van der Waals surface area contributed by atoms with Gasteiger partial charge in [0.1, 0.15) is 0 Å². The number of halogens is 6. The maximum absolute atomic E-state index is 14.2. The largest absolute Gasteiger partial charge is 0.435 e. The maximum Gasteiger partial charge on any atom is 0.435 e. The fourth-order valence-electron chi connectivity index (χ4n) is 3.39. The molecule has 0 saturated carbocycles. The van der Waals surface area contributed by atoms with Crippen LogP contribution in [-0.4, -0.2) is 43.3 Å². The van der Waals surface area contributed by atoms with E-state index in [-0.39, 0.29) is 39.0 Å². The Morgan fingerprint density at radius 3 is 2.56 bits per heavy atom. The highest BCUT2D eigenvalue weighted by molar-refractivity contribution is 9.10. The molecule has 2 aromatic carbocycles. The molecule has 1 aliphatic heterocycles. The highest BCUT2D eigenvalue weighted by Gasteiger charge is 2.62. The Bertz CT molecular complexity index is 1080. The number of nitrogens with one attached hydrogen (secondary N) is 1. The Kier molecular flexibility index (Phi) is 8.84.